The van der Waals surface area contributed by atoms with Crippen molar-refractivity contribution in [2.75, 3.05) is 20.3 Å². The molecule has 0 saturated heterocycles. The molecular weight excluding hydrogens is 258 g/mol. The average Bonchev–Trinajstić information content (AvgIpc) is 3.28. The van der Waals surface area contributed by atoms with Crippen molar-refractivity contribution in [3.05, 3.63) is 24.3 Å². The van der Waals surface area contributed by atoms with Gasteiger partial charge >= 0.3 is 0 Å². The fourth-order valence-electron chi connectivity index (χ4n) is 2.00. The van der Waals surface area contributed by atoms with E-state index in [0.717, 1.165) is 18.6 Å². The quantitative estimate of drug-likeness (QED) is 0.790. The number of ether oxygens (including phenoxy) is 2. The third-order valence-electron chi connectivity index (χ3n) is 3.53. The molecule has 1 aromatic rings. The fraction of sp³-hybridized carbons (Fsp3) is 0.533. The van der Waals surface area contributed by atoms with E-state index in [9.17, 15) is 9.90 Å². The predicted octanol–water partition coefficient (Wildman–Crippen LogP) is 1.35. The number of hydrogen-bond donors (Lipinski definition) is 2. The molecule has 2 N–H and O–H groups in total. The van der Waals surface area contributed by atoms with Crippen LogP contribution in [0.4, 0.5) is 0 Å². The maximum atomic E-state index is 11.7. The van der Waals surface area contributed by atoms with E-state index in [4.69, 9.17) is 9.47 Å². The molecule has 0 aromatic heterocycles. The Morgan fingerprint density at radius 1 is 1.35 bits per heavy atom. The normalized spacial score (nSPS) is 17.1. The van der Waals surface area contributed by atoms with Crippen LogP contribution >= 0.6 is 0 Å². The van der Waals surface area contributed by atoms with Crippen LogP contribution in [0.25, 0.3) is 0 Å². The zero-order valence-corrected chi connectivity index (χ0v) is 11.9. The Labute approximate surface area is 118 Å². The van der Waals surface area contributed by atoms with Crippen LogP contribution in [0.15, 0.2) is 24.3 Å². The van der Waals surface area contributed by atoms with Gasteiger partial charge in [-0.15, -0.1) is 0 Å². The van der Waals surface area contributed by atoms with Gasteiger partial charge in [-0.05, 0) is 49.9 Å². The molecule has 1 fully saturated rings. The smallest absolute Gasteiger partial charge is 0.258 e. The van der Waals surface area contributed by atoms with Gasteiger partial charge in [0, 0.05) is 6.54 Å². The number of methoxy groups -OCH3 is 1. The Hall–Kier alpha value is -1.75. The molecule has 0 heterocycles. The standard InChI is InChI=1S/C15H21NO4/c1-15(18,11-3-4-11)10-16-14(17)9-20-13-7-5-12(19-2)6-8-13/h5-8,11,18H,3-4,9-10H2,1-2H3,(H,16,17). The number of carbonyl (C=O) groups excluding carboxylic acids is 1. The highest BCUT2D eigenvalue weighted by molar-refractivity contribution is 5.77. The molecule has 0 bridgehead atoms. The number of hydrogen-bond acceptors (Lipinski definition) is 4. The zero-order valence-electron chi connectivity index (χ0n) is 11.9. The monoisotopic (exact) mass is 279 g/mol. The SMILES string of the molecule is COc1ccc(OCC(=O)NCC(C)(O)C2CC2)cc1. The summed E-state index contributed by atoms with van der Waals surface area (Å²) in [5.41, 5.74) is -0.810. The van der Waals surface area contributed by atoms with E-state index < -0.39 is 5.60 Å². The first-order valence-corrected chi connectivity index (χ1v) is 6.77. The molecule has 5 nitrogen and oxygen atoms in total. The summed E-state index contributed by atoms with van der Waals surface area (Å²) in [6, 6.07) is 7.02. The van der Waals surface area contributed by atoms with Gasteiger partial charge in [0.05, 0.1) is 12.7 Å². The number of benzene rings is 1. The van der Waals surface area contributed by atoms with E-state index >= 15 is 0 Å². The van der Waals surface area contributed by atoms with Crippen molar-refractivity contribution in [1.29, 1.82) is 0 Å². The maximum absolute atomic E-state index is 11.7. The van der Waals surface area contributed by atoms with Crippen molar-refractivity contribution in [2.24, 2.45) is 5.92 Å². The second-order valence-corrected chi connectivity index (χ2v) is 5.37. The molecule has 1 atom stereocenters. The summed E-state index contributed by atoms with van der Waals surface area (Å²) in [5, 5.41) is 12.8. The third-order valence-corrected chi connectivity index (χ3v) is 3.53. The Kier molecular flexibility index (Phi) is 4.49. The first-order valence-electron chi connectivity index (χ1n) is 6.77. The van der Waals surface area contributed by atoms with E-state index in [-0.39, 0.29) is 19.1 Å². The van der Waals surface area contributed by atoms with Gasteiger partial charge in [0.25, 0.3) is 5.91 Å². The van der Waals surface area contributed by atoms with Crippen molar-refractivity contribution in [3.8, 4) is 11.5 Å². The molecule has 1 saturated carbocycles. The summed E-state index contributed by atoms with van der Waals surface area (Å²) in [7, 11) is 1.59. The molecular formula is C15H21NO4. The van der Waals surface area contributed by atoms with Crippen LogP contribution in [0.5, 0.6) is 11.5 Å². The summed E-state index contributed by atoms with van der Waals surface area (Å²) in [5.74, 6) is 1.42. The zero-order chi connectivity index (χ0) is 14.6. The Morgan fingerprint density at radius 3 is 2.50 bits per heavy atom. The fourth-order valence-corrected chi connectivity index (χ4v) is 2.00. The van der Waals surface area contributed by atoms with Crippen LogP contribution in [0.2, 0.25) is 0 Å². The molecule has 1 amide bonds. The molecule has 20 heavy (non-hydrogen) atoms. The molecule has 0 aliphatic heterocycles. The third kappa shape index (κ3) is 4.13. The van der Waals surface area contributed by atoms with E-state index in [1.54, 1.807) is 38.3 Å². The first-order chi connectivity index (χ1) is 9.51. The van der Waals surface area contributed by atoms with Gasteiger partial charge < -0.3 is 19.9 Å². The summed E-state index contributed by atoms with van der Waals surface area (Å²) in [6.45, 7) is 1.96. The molecule has 1 unspecified atom stereocenters. The molecule has 1 aliphatic rings. The molecule has 1 aromatic carbocycles. The van der Waals surface area contributed by atoms with Crippen LogP contribution in [-0.2, 0) is 4.79 Å². The minimum atomic E-state index is -0.810. The minimum Gasteiger partial charge on any atom is -0.497 e. The van der Waals surface area contributed by atoms with E-state index in [0.29, 0.717) is 11.7 Å². The van der Waals surface area contributed by atoms with Crippen LogP contribution < -0.4 is 14.8 Å². The number of aliphatic hydroxyl groups is 1. The second-order valence-electron chi connectivity index (χ2n) is 5.37. The Balaban J connectivity index is 1.71. The highest BCUT2D eigenvalue weighted by atomic mass is 16.5. The maximum Gasteiger partial charge on any atom is 0.258 e. The van der Waals surface area contributed by atoms with Crippen LogP contribution in [-0.4, -0.2) is 36.9 Å². The van der Waals surface area contributed by atoms with Gasteiger partial charge in [-0.3, -0.25) is 4.79 Å². The molecule has 2 rings (SSSR count). The molecule has 0 spiro atoms. The predicted molar refractivity (Wildman–Crippen MR) is 74.8 cm³/mol. The molecule has 0 radical (unpaired) electrons. The lowest BCUT2D eigenvalue weighted by Crippen LogP contribution is -2.43. The van der Waals surface area contributed by atoms with Crippen molar-refractivity contribution in [2.45, 2.75) is 25.4 Å². The molecule has 5 heteroatoms. The Morgan fingerprint density at radius 2 is 1.95 bits per heavy atom. The van der Waals surface area contributed by atoms with Gasteiger partial charge in [0.2, 0.25) is 0 Å². The topological polar surface area (TPSA) is 67.8 Å². The number of rotatable bonds is 7. The van der Waals surface area contributed by atoms with Crippen molar-refractivity contribution in [3.63, 3.8) is 0 Å². The number of nitrogens with one attached hydrogen (secondary N) is 1. The summed E-state index contributed by atoms with van der Waals surface area (Å²) < 4.78 is 10.4. The van der Waals surface area contributed by atoms with Gasteiger partial charge in [0.1, 0.15) is 11.5 Å². The first kappa shape index (κ1) is 14.7. The largest absolute Gasteiger partial charge is 0.497 e. The molecule has 110 valence electrons. The van der Waals surface area contributed by atoms with Crippen LogP contribution in [0.1, 0.15) is 19.8 Å². The van der Waals surface area contributed by atoms with Gasteiger partial charge in [-0.1, -0.05) is 0 Å². The molecule has 1 aliphatic carbocycles. The lowest BCUT2D eigenvalue weighted by atomic mass is 10.0. The van der Waals surface area contributed by atoms with Gasteiger partial charge in [-0.25, -0.2) is 0 Å². The van der Waals surface area contributed by atoms with Crippen molar-refractivity contribution in [1.82, 2.24) is 5.32 Å². The highest BCUT2D eigenvalue weighted by Gasteiger charge is 2.39. The van der Waals surface area contributed by atoms with Crippen LogP contribution in [0, 0.1) is 5.92 Å². The lowest BCUT2D eigenvalue weighted by molar-refractivity contribution is -0.124. The average molecular weight is 279 g/mol. The highest BCUT2D eigenvalue weighted by Crippen LogP contribution is 2.38. The van der Waals surface area contributed by atoms with Crippen LogP contribution in [0.3, 0.4) is 0 Å². The van der Waals surface area contributed by atoms with Gasteiger partial charge in [0.15, 0.2) is 6.61 Å². The minimum absolute atomic E-state index is 0.0624. The van der Waals surface area contributed by atoms with E-state index in [1.807, 2.05) is 0 Å². The summed E-state index contributed by atoms with van der Waals surface area (Å²) in [6.07, 6.45) is 2.07. The Bertz CT molecular complexity index is 451. The number of carbonyl (C=O) groups is 1. The number of amides is 1. The van der Waals surface area contributed by atoms with E-state index in [1.165, 1.54) is 0 Å². The summed E-state index contributed by atoms with van der Waals surface area (Å²) >= 11 is 0. The second kappa shape index (κ2) is 6.13. The van der Waals surface area contributed by atoms with E-state index in [2.05, 4.69) is 5.32 Å². The van der Waals surface area contributed by atoms with Crippen molar-refractivity contribution >= 4 is 5.91 Å². The lowest BCUT2D eigenvalue weighted by Gasteiger charge is -2.23. The van der Waals surface area contributed by atoms with Gasteiger partial charge in [-0.2, -0.15) is 0 Å². The van der Waals surface area contributed by atoms with Crippen molar-refractivity contribution < 1.29 is 19.4 Å². The summed E-state index contributed by atoms with van der Waals surface area (Å²) in [4.78, 5) is 11.7.